The number of aliphatic carboxylic acids is 1. The number of nitrogens with zero attached hydrogens (tertiary/aromatic N) is 1. The molecular formula is C10H7ClF6N2O2. The number of pyridine rings is 1. The van der Waals surface area contributed by atoms with E-state index in [9.17, 15) is 31.1 Å². The third-order valence-electron chi connectivity index (χ3n) is 2.53. The highest BCUT2D eigenvalue weighted by Crippen LogP contribution is 2.37. The first-order valence-corrected chi connectivity index (χ1v) is 5.48. The van der Waals surface area contributed by atoms with Crippen LogP contribution in [0.15, 0.2) is 12.3 Å². The Morgan fingerprint density at radius 1 is 1.29 bits per heavy atom. The van der Waals surface area contributed by atoms with Crippen molar-refractivity contribution in [2.75, 3.05) is 5.32 Å². The van der Waals surface area contributed by atoms with Crippen LogP contribution in [0.4, 0.5) is 32.2 Å². The van der Waals surface area contributed by atoms with Crippen molar-refractivity contribution in [3.63, 3.8) is 0 Å². The summed E-state index contributed by atoms with van der Waals surface area (Å²) >= 11 is 5.41. The van der Waals surface area contributed by atoms with E-state index in [4.69, 9.17) is 16.7 Å². The molecule has 4 nitrogen and oxygen atoms in total. The summed E-state index contributed by atoms with van der Waals surface area (Å²) in [6, 6.07) is 0.343. The van der Waals surface area contributed by atoms with E-state index in [1.54, 1.807) is 0 Å². The maximum absolute atomic E-state index is 12.7. The number of rotatable bonds is 3. The number of nitrogens with one attached hydrogen (secondary N) is 1. The van der Waals surface area contributed by atoms with Crippen LogP contribution >= 0.6 is 11.6 Å². The zero-order valence-corrected chi connectivity index (χ0v) is 10.9. The fraction of sp³-hybridized carbons (Fsp3) is 0.400. The highest BCUT2D eigenvalue weighted by atomic mass is 35.5. The van der Waals surface area contributed by atoms with E-state index < -0.39 is 40.3 Å². The summed E-state index contributed by atoms with van der Waals surface area (Å²) in [7, 11) is 0. The van der Waals surface area contributed by atoms with Gasteiger partial charge in [-0.3, -0.25) is 0 Å². The van der Waals surface area contributed by atoms with Gasteiger partial charge in [0.2, 0.25) is 5.54 Å². The maximum Gasteiger partial charge on any atom is 0.422 e. The number of hydrogen-bond acceptors (Lipinski definition) is 3. The number of carboxylic acids is 1. The molecule has 0 amide bonds. The molecule has 0 saturated carbocycles. The lowest BCUT2D eigenvalue weighted by Crippen LogP contribution is -2.55. The number of anilines is 1. The largest absolute Gasteiger partial charge is 0.479 e. The van der Waals surface area contributed by atoms with Crippen molar-refractivity contribution < 1.29 is 36.2 Å². The van der Waals surface area contributed by atoms with E-state index in [2.05, 4.69) is 4.98 Å². The van der Waals surface area contributed by atoms with Crippen LogP contribution in [0, 0.1) is 0 Å². The first-order chi connectivity index (χ1) is 9.29. The standard InChI is InChI=1S/C10H7ClF6N2O2/c1-8(7(20)21,10(15,16)17)19-6-5(11)2-4(3-18-6)9(12,13)14/h2-3H,1H3,(H,18,19)(H,20,21). The lowest BCUT2D eigenvalue weighted by Gasteiger charge is -2.29. The zero-order valence-electron chi connectivity index (χ0n) is 10.1. The van der Waals surface area contributed by atoms with Crippen molar-refractivity contribution >= 4 is 23.4 Å². The molecule has 118 valence electrons. The fourth-order valence-corrected chi connectivity index (χ4v) is 1.38. The molecule has 1 aromatic rings. The van der Waals surface area contributed by atoms with Crippen molar-refractivity contribution in [2.24, 2.45) is 0 Å². The number of hydrogen-bond donors (Lipinski definition) is 2. The molecule has 21 heavy (non-hydrogen) atoms. The summed E-state index contributed by atoms with van der Waals surface area (Å²) in [6.45, 7) is 0.297. The second-order valence-corrected chi connectivity index (χ2v) is 4.51. The van der Waals surface area contributed by atoms with E-state index >= 15 is 0 Å². The molecule has 1 aromatic heterocycles. The maximum atomic E-state index is 12.7. The summed E-state index contributed by atoms with van der Waals surface area (Å²) in [5, 5.41) is 9.39. The number of carbonyl (C=O) groups is 1. The van der Waals surface area contributed by atoms with Gasteiger partial charge >= 0.3 is 18.3 Å². The van der Waals surface area contributed by atoms with Crippen molar-refractivity contribution in [1.29, 1.82) is 0 Å². The Morgan fingerprint density at radius 3 is 2.14 bits per heavy atom. The lowest BCUT2D eigenvalue weighted by atomic mass is 10.0. The summed E-state index contributed by atoms with van der Waals surface area (Å²) in [6.07, 6.45) is -9.77. The molecule has 1 atom stereocenters. The molecule has 0 aliphatic heterocycles. The van der Waals surface area contributed by atoms with Gasteiger partial charge in [-0.25, -0.2) is 9.78 Å². The van der Waals surface area contributed by atoms with Gasteiger partial charge in [0.05, 0.1) is 10.6 Å². The van der Waals surface area contributed by atoms with Crippen molar-refractivity contribution in [1.82, 2.24) is 4.98 Å². The van der Waals surface area contributed by atoms with Gasteiger partial charge in [-0.15, -0.1) is 0 Å². The Hall–Kier alpha value is -1.71. The normalized spacial score (nSPS) is 15.4. The van der Waals surface area contributed by atoms with Crippen molar-refractivity contribution in [3.05, 3.63) is 22.8 Å². The molecule has 0 aliphatic rings. The van der Waals surface area contributed by atoms with Gasteiger partial charge in [0, 0.05) is 6.20 Å². The van der Waals surface area contributed by atoms with Gasteiger partial charge in [-0.2, -0.15) is 26.3 Å². The average molecular weight is 337 g/mol. The van der Waals surface area contributed by atoms with Crippen LogP contribution in [0.25, 0.3) is 0 Å². The molecule has 0 bridgehead atoms. The molecular weight excluding hydrogens is 330 g/mol. The summed E-state index contributed by atoms with van der Waals surface area (Å²) in [5.74, 6) is -3.11. The van der Waals surface area contributed by atoms with Gasteiger partial charge in [-0.1, -0.05) is 11.6 Å². The summed E-state index contributed by atoms with van der Waals surface area (Å²) in [4.78, 5) is 13.9. The SMILES string of the molecule is CC(Nc1ncc(C(F)(F)F)cc1Cl)(C(=O)O)C(F)(F)F. The monoisotopic (exact) mass is 336 g/mol. The molecule has 11 heteroatoms. The quantitative estimate of drug-likeness (QED) is 0.828. The molecule has 1 heterocycles. The Bertz CT molecular complexity index is 559. The molecule has 0 radical (unpaired) electrons. The van der Waals surface area contributed by atoms with E-state index in [0.717, 1.165) is 0 Å². The Morgan fingerprint density at radius 2 is 1.81 bits per heavy atom. The molecule has 0 spiro atoms. The Kier molecular flexibility index (Phi) is 4.33. The number of carboxylic acid groups (broad SMARTS) is 1. The van der Waals surface area contributed by atoms with Crippen LogP contribution in [-0.4, -0.2) is 27.8 Å². The van der Waals surface area contributed by atoms with Gasteiger partial charge < -0.3 is 10.4 Å². The lowest BCUT2D eigenvalue weighted by molar-refractivity contribution is -0.193. The summed E-state index contributed by atoms with van der Waals surface area (Å²) < 4.78 is 75.3. The number of alkyl halides is 6. The Balaban J connectivity index is 3.22. The molecule has 0 saturated heterocycles. The second kappa shape index (κ2) is 5.24. The molecule has 0 aromatic carbocycles. The highest BCUT2D eigenvalue weighted by Gasteiger charge is 2.58. The van der Waals surface area contributed by atoms with Crippen LogP contribution < -0.4 is 5.32 Å². The van der Waals surface area contributed by atoms with Gasteiger partial charge in [0.1, 0.15) is 5.82 Å². The third-order valence-corrected chi connectivity index (χ3v) is 2.82. The number of aromatic nitrogens is 1. The Labute approximate surface area is 118 Å². The van der Waals surface area contributed by atoms with Crippen LogP contribution in [0.1, 0.15) is 12.5 Å². The van der Waals surface area contributed by atoms with Crippen LogP contribution in [-0.2, 0) is 11.0 Å². The third kappa shape index (κ3) is 3.49. The first kappa shape index (κ1) is 17.3. The molecule has 0 aliphatic carbocycles. The van der Waals surface area contributed by atoms with Crippen molar-refractivity contribution in [2.45, 2.75) is 24.8 Å². The van der Waals surface area contributed by atoms with Crippen LogP contribution in [0.3, 0.4) is 0 Å². The highest BCUT2D eigenvalue weighted by molar-refractivity contribution is 6.33. The van der Waals surface area contributed by atoms with Gasteiger partial charge in [0.15, 0.2) is 0 Å². The average Bonchev–Trinajstić information content (AvgIpc) is 2.28. The van der Waals surface area contributed by atoms with E-state index in [1.165, 1.54) is 5.32 Å². The fourth-order valence-electron chi connectivity index (χ4n) is 1.17. The van der Waals surface area contributed by atoms with Gasteiger partial charge in [0.25, 0.3) is 0 Å². The smallest absolute Gasteiger partial charge is 0.422 e. The van der Waals surface area contributed by atoms with Crippen LogP contribution in [0.5, 0.6) is 0 Å². The van der Waals surface area contributed by atoms with Crippen molar-refractivity contribution in [3.8, 4) is 0 Å². The molecule has 1 unspecified atom stereocenters. The minimum atomic E-state index is -5.23. The first-order valence-electron chi connectivity index (χ1n) is 5.10. The number of halogens is 7. The van der Waals surface area contributed by atoms with Gasteiger partial charge in [-0.05, 0) is 13.0 Å². The summed E-state index contributed by atoms with van der Waals surface area (Å²) in [5.41, 5.74) is -4.73. The second-order valence-electron chi connectivity index (χ2n) is 4.11. The van der Waals surface area contributed by atoms with Crippen LogP contribution in [0.2, 0.25) is 5.02 Å². The topological polar surface area (TPSA) is 62.2 Å². The van der Waals surface area contributed by atoms with E-state index in [0.29, 0.717) is 13.0 Å². The zero-order chi connectivity index (χ0) is 16.6. The minimum Gasteiger partial charge on any atom is -0.479 e. The van der Waals surface area contributed by atoms with E-state index in [-0.39, 0.29) is 6.20 Å². The minimum absolute atomic E-state index is 0.243. The molecule has 2 N–H and O–H groups in total. The molecule has 1 rings (SSSR count). The molecule has 0 fully saturated rings. The predicted octanol–water partition coefficient (Wildman–Crippen LogP) is 3.57. The van der Waals surface area contributed by atoms with E-state index in [1.807, 2.05) is 0 Å². The predicted molar refractivity (Wildman–Crippen MR) is 60.0 cm³/mol.